The zero-order valence-electron chi connectivity index (χ0n) is 17.0. The second kappa shape index (κ2) is 8.54. The number of nitrogens with one attached hydrogen (secondary N) is 3. The number of hydrogen-bond acceptors (Lipinski definition) is 7. The maximum absolute atomic E-state index is 13.1. The van der Waals surface area contributed by atoms with Crippen LogP contribution in [0.4, 0.5) is 9.59 Å². The molecule has 32 heavy (non-hydrogen) atoms. The van der Waals surface area contributed by atoms with Crippen LogP contribution in [0.5, 0.6) is 0 Å². The molecule has 6 amide bonds. The number of carbonyl (C=O) groups is 5. The van der Waals surface area contributed by atoms with Gasteiger partial charge in [-0.2, -0.15) is 0 Å². The highest BCUT2D eigenvalue weighted by Crippen LogP contribution is 2.40. The van der Waals surface area contributed by atoms with Gasteiger partial charge < -0.3 is 25.9 Å². The van der Waals surface area contributed by atoms with Crippen molar-refractivity contribution < 1.29 is 29.1 Å². The van der Waals surface area contributed by atoms with Crippen molar-refractivity contribution in [3.63, 3.8) is 0 Å². The van der Waals surface area contributed by atoms with Gasteiger partial charge in [0, 0.05) is 18.8 Å². The number of fused-ring (bicyclic) bond motifs is 1. The highest BCUT2D eigenvalue weighted by molar-refractivity contribution is 8.00. The van der Waals surface area contributed by atoms with E-state index in [2.05, 4.69) is 16.0 Å². The Morgan fingerprint density at radius 3 is 2.56 bits per heavy atom. The summed E-state index contributed by atoms with van der Waals surface area (Å²) < 4.78 is 0. The van der Waals surface area contributed by atoms with Gasteiger partial charge >= 0.3 is 12.1 Å². The fourth-order valence-corrected chi connectivity index (χ4v) is 5.10. The zero-order valence-corrected chi connectivity index (χ0v) is 17.8. The predicted octanol–water partition coefficient (Wildman–Crippen LogP) is -1.11. The van der Waals surface area contributed by atoms with E-state index in [0.717, 1.165) is 9.80 Å². The molecular weight excluding hydrogens is 438 g/mol. The number of carboxylic acids is 1. The molecule has 1 aromatic rings. The van der Waals surface area contributed by atoms with E-state index in [1.807, 2.05) is 0 Å². The van der Waals surface area contributed by atoms with Gasteiger partial charge in [-0.1, -0.05) is 30.3 Å². The molecule has 2 saturated heterocycles. The number of benzene rings is 1. The summed E-state index contributed by atoms with van der Waals surface area (Å²) in [4.78, 5) is 63.7. The number of carbonyl (C=O) groups excluding carboxylic acids is 5. The summed E-state index contributed by atoms with van der Waals surface area (Å²) in [7, 11) is 0. The normalized spacial score (nSPS) is 23.2. The van der Waals surface area contributed by atoms with E-state index in [-0.39, 0.29) is 12.2 Å². The molecule has 168 valence electrons. The first-order valence-corrected chi connectivity index (χ1v) is 10.9. The van der Waals surface area contributed by atoms with E-state index < -0.39 is 47.3 Å². The number of carboxylic acid groups (broad SMARTS) is 1. The Hall–Kier alpha value is -3.54. The van der Waals surface area contributed by atoms with Crippen molar-refractivity contribution in [3.05, 3.63) is 47.2 Å². The average molecular weight is 458 g/mol. The monoisotopic (exact) mass is 458 g/mol. The van der Waals surface area contributed by atoms with Gasteiger partial charge in [0.1, 0.15) is 17.5 Å². The Labute approximate surface area is 187 Å². The smallest absolute Gasteiger partial charge is 0.326 e. The summed E-state index contributed by atoms with van der Waals surface area (Å²) in [5.41, 5.74) is 0.809. The summed E-state index contributed by atoms with van der Waals surface area (Å²) >= 11 is 1.33. The Bertz CT molecular complexity index is 1030. The molecule has 4 rings (SSSR count). The summed E-state index contributed by atoms with van der Waals surface area (Å²) in [5, 5.41) is 18.6. The molecular formula is C20H20N5O6S-. The van der Waals surface area contributed by atoms with Crippen LogP contribution in [0.25, 0.3) is 0 Å². The van der Waals surface area contributed by atoms with Crippen molar-refractivity contribution in [2.24, 2.45) is 0 Å². The van der Waals surface area contributed by atoms with Gasteiger partial charge in [-0.25, -0.2) is 14.5 Å². The number of hydrogen-bond donors (Lipinski definition) is 3. The fraction of sp³-hybridized carbons (Fsp3) is 0.350. The number of rotatable bonds is 5. The van der Waals surface area contributed by atoms with Crippen LogP contribution in [0.3, 0.4) is 0 Å². The zero-order chi connectivity index (χ0) is 23.0. The van der Waals surface area contributed by atoms with Gasteiger partial charge in [0.25, 0.3) is 5.91 Å². The van der Waals surface area contributed by atoms with Crippen LogP contribution in [0.1, 0.15) is 18.5 Å². The number of β-lactam (4-membered cyclic amide) rings is 1. The molecule has 1 aromatic carbocycles. The lowest BCUT2D eigenvalue weighted by Crippen LogP contribution is -2.71. The molecule has 0 aliphatic carbocycles. The summed E-state index contributed by atoms with van der Waals surface area (Å²) in [5.74, 6) is -2.27. The second-order valence-electron chi connectivity index (χ2n) is 7.49. The van der Waals surface area contributed by atoms with Crippen LogP contribution in [0.15, 0.2) is 41.6 Å². The molecule has 0 spiro atoms. The summed E-state index contributed by atoms with van der Waals surface area (Å²) in [6, 6.07) is 4.99. The van der Waals surface area contributed by atoms with Crippen LogP contribution in [0, 0.1) is 0 Å². The highest BCUT2D eigenvalue weighted by atomic mass is 32.2. The highest BCUT2D eigenvalue weighted by Gasteiger charge is 2.52. The average Bonchev–Trinajstić information content (AvgIpc) is 3.21. The van der Waals surface area contributed by atoms with Crippen molar-refractivity contribution in [2.75, 3.05) is 18.8 Å². The van der Waals surface area contributed by atoms with E-state index in [4.69, 9.17) is 0 Å². The Kier molecular flexibility index (Phi) is 5.78. The number of nitrogens with zero attached hydrogens (tertiary/aromatic N) is 2. The van der Waals surface area contributed by atoms with E-state index in [9.17, 15) is 29.1 Å². The lowest BCUT2D eigenvalue weighted by Gasteiger charge is -2.50. The van der Waals surface area contributed by atoms with E-state index in [0.29, 0.717) is 23.4 Å². The standard InChI is InChI=1S/C20H21N5O6S/c1-10-9-32-17-13(16(27)25(17)14(10)18(28)29)22-15(26)12(11-5-3-2-4-6-11)23-20(31)24-8-7-21-19(24)30/h2-6,12-13,17H,7-9H2,1H3,(H,21,30)(H,22,26)(H,23,31)(H,28,29)/p-1/t12-,13-,17+/m1/s1. The van der Waals surface area contributed by atoms with Gasteiger partial charge in [0.05, 0.1) is 11.7 Å². The van der Waals surface area contributed by atoms with Crippen LogP contribution >= 0.6 is 11.8 Å². The molecule has 12 heteroatoms. The maximum Gasteiger partial charge on any atom is 0.326 e. The molecule has 3 heterocycles. The van der Waals surface area contributed by atoms with Crippen LogP contribution < -0.4 is 21.1 Å². The molecule has 0 aromatic heterocycles. The summed E-state index contributed by atoms with van der Waals surface area (Å²) in [6.07, 6.45) is 0. The lowest BCUT2D eigenvalue weighted by atomic mass is 10.0. The molecule has 0 unspecified atom stereocenters. The first-order valence-electron chi connectivity index (χ1n) is 9.86. The van der Waals surface area contributed by atoms with Gasteiger partial charge in [0.15, 0.2) is 0 Å². The van der Waals surface area contributed by atoms with E-state index in [1.54, 1.807) is 37.3 Å². The fourth-order valence-electron chi connectivity index (χ4n) is 3.81. The van der Waals surface area contributed by atoms with Crippen LogP contribution in [-0.4, -0.2) is 69.9 Å². The van der Waals surface area contributed by atoms with Crippen LogP contribution in [-0.2, 0) is 14.4 Å². The molecule has 3 aliphatic rings. The third-order valence-electron chi connectivity index (χ3n) is 5.41. The Balaban J connectivity index is 1.51. The maximum atomic E-state index is 13.1. The third-order valence-corrected chi connectivity index (χ3v) is 6.84. The Morgan fingerprint density at radius 2 is 1.94 bits per heavy atom. The number of aliphatic carboxylic acids is 1. The molecule has 2 fully saturated rings. The lowest BCUT2D eigenvalue weighted by molar-refractivity contribution is -0.301. The van der Waals surface area contributed by atoms with Gasteiger partial charge in [-0.3, -0.25) is 14.5 Å². The molecule has 3 atom stereocenters. The van der Waals surface area contributed by atoms with Crippen molar-refractivity contribution in [1.82, 2.24) is 25.8 Å². The van der Waals surface area contributed by atoms with Gasteiger partial charge in [0.2, 0.25) is 5.91 Å². The van der Waals surface area contributed by atoms with Crippen molar-refractivity contribution in [1.29, 1.82) is 0 Å². The molecule has 0 bridgehead atoms. The molecule has 3 N–H and O–H groups in total. The minimum atomic E-state index is -1.44. The van der Waals surface area contributed by atoms with E-state index >= 15 is 0 Å². The summed E-state index contributed by atoms with van der Waals surface area (Å²) in [6.45, 7) is 2.09. The van der Waals surface area contributed by atoms with Gasteiger partial charge in [-0.15, -0.1) is 11.8 Å². The molecule has 0 saturated carbocycles. The van der Waals surface area contributed by atoms with Crippen molar-refractivity contribution >= 4 is 41.6 Å². The third kappa shape index (κ3) is 3.77. The number of thioether (sulfide) groups is 1. The minimum Gasteiger partial charge on any atom is -0.543 e. The first-order chi connectivity index (χ1) is 15.3. The van der Waals surface area contributed by atoms with E-state index in [1.165, 1.54) is 11.8 Å². The quantitative estimate of drug-likeness (QED) is 0.473. The first kappa shape index (κ1) is 21.7. The van der Waals surface area contributed by atoms with Crippen LogP contribution in [0.2, 0.25) is 0 Å². The minimum absolute atomic E-state index is 0.167. The van der Waals surface area contributed by atoms with Crippen molar-refractivity contribution in [3.8, 4) is 0 Å². The largest absolute Gasteiger partial charge is 0.543 e. The number of imide groups is 1. The van der Waals surface area contributed by atoms with Crippen molar-refractivity contribution in [2.45, 2.75) is 24.4 Å². The predicted molar refractivity (Wildman–Crippen MR) is 111 cm³/mol. The number of urea groups is 2. The SMILES string of the molecule is CC1=C(C(=O)[O-])N2C(=O)[C@@H](NC(=O)[C@H](NC(=O)N3CCNC3=O)c3ccccc3)[C@@H]2SC1. The number of amides is 6. The molecule has 0 radical (unpaired) electrons. The Morgan fingerprint density at radius 1 is 1.22 bits per heavy atom. The molecule has 11 nitrogen and oxygen atoms in total. The topological polar surface area (TPSA) is 151 Å². The second-order valence-corrected chi connectivity index (χ2v) is 8.59. The van der Waals surface area contributed by atoms with Gasteiger partial charge in [-0.05, 0) is 18.1 Å². The molecule has 3 aliphatic heterocycles.